The first kappa shape index (κ1) is 16.8. The van der Waals surface area contributed by atoms with Crippen LogP contribution in [0.5, 0.6) is 11.5 Å². The van der Waals surface area contributed by atoms with Crippen LogP contribution in [0.3, 0.4) is 0 Å². The average molecular weight is 336 g/mol. The summed E-state index contributed by atoms with van der Waals surface area (Å²) in [5.74, 6) is 0.946. The Morgan fingerprint density at radius 2 is 1.84 bits per heavy atom. The van der Waals surface area contributed by atoms with Crippen molar-refractivity contribution >= 4 is 11.6 Å². The van der Waals surface area contributed by atoms with Crippen molar-refractivity contribution < 1.29 is 14.3 Å². The number of para-hydroxylation sites is 1. The molecule has 2 aromatic rings. The summed E-state index contributed by atoms with van der Waals surface area (Å²) in [5.41, 5.74) is 1.09. The van der Waals surface area contributed by atoms with E-state index in [1.165, 1.54) is 12.8 Å². The number of carbonyl (C=O) groups is 1. The zero-order valence-corrected chi connectivity index (χ0v) is 13.9. The topological polar surface area (TPSA) is 71.3 Å². The third-order valence-corrected chi connectivity index (χ3v) is 4.11. The third kappa shape index (κ3) is 4.74. The van der Waals surface area contributed by atoms with Crippen LogP contribution in [0.1, 0.15) is 31.2 Å². The molecule has 3 rings (SSSR count). The van der Waals surface area contributed by atoms with E-state index >= 15 is 0 Å². The van der Waals surface area contributed by atoms with Crippen LogP contribution in [0.4, 0.5) is 5.69 Å². The lowest BCUT2D eigenvalue weighted by Gasteiger charge is -2.13. The number of rotatable bonds is 6. The molecule has 5 nitrogen and oxygen atoms in total. The zero-order valence-electron chi connectivity index (χ0n) is 13.9. The van der Waals surface area contributed by atoms with Crippen molar-refractivity contribution in [2.45, 2.75) is 31.8 Å². The molecule has 128 valence electrons. The van der Waals surface area contributed by atoms with Gasteiger partial charge >= 0.3 is 0 Å². The molecule has 0 atom stereocenters. The second-order valence-corrected chi connectivity index (χ2v) is 5.99. The van der Waals surface area contributed by atoms with Crippen LogP contribution in [0.15, 0.2) is 48.5 Å². The maximum Gasteiger partial charge on any atom is 0.262 e. The highest BCUT2D eigenvalue weighted by Crippen LogP contribution is 2.25. The minimum absolute atomic E-state index is 0.154. The summed E-state index contributed by atoms with van der Waals surface area (Å²) < 4.78 is 11.3. The fourth-order valence-corrected chi connectivity index (χ4v) is 2.84. The van der Waals surface area contributed by atoms with Crippen LogP contribution in [0.2, 0.25) is 0 Å². The van der Waals surface area contributed by atoms with E-state index in [0.29, 0.717) is 23.1 Å². The van der Waals surface area contributed by atoms with Gasteiger partial charge in [0.2, 0.25) is 0 Å². The van der Waals surface area contributed by atoms with E-state index in [1.807, 2.05) is 30.3 Å². The second kappa shape index (κ2) is 8.20. The lowest BCUT2D eigenvalue weighted by atomic mass is 10.2. The van der Waals surface area contributed by atoms with Crippen LogP contribution >= 0.6 is 0 Å². The van der Waals surface area contributed by atoms with Crippen LogP contribution in [0.25, 0.3) is 0 Å². The molecule has 0 aromatic heterocycles. The molecule has 0 heterocycles. The number of hydrogen-bond donors (Lipinski definition) is 1. The van der Waals surface area contributed by atoms with E-state index in [1.54, 1.807) is 24.3 Å². The van der Waals surface area contributed by atoms with E-state index in [2.05, 4.69) is 5.32 Å². The Labute approximate surface area is 147 Å². The van der Waals surface area contributed by atoms with Gasteiger partial charge < -0.3 is 14.8 Å². The highest BCUT2D eigenvalue weighted by Gasteiger charge is 2.16. The third-order valence-electron chi connectivity index (χ3n) is 4.11. The maximum absolute atomic E-state index is 12.0. The number of anilines is 1. The Morgan fingerprint density at radius 1 is 1.12 bits per heavy atom. The first-order valence-corrected chi connectivity index (χ1v) is 8.43. The van der Waals surface area contributed by atoms with Gasteiger partial charge in [-0.05, 0) is 62.1 Å². The number of carbonyl (C=O) groups excluding carboxylic acids is 1. The van der Waals surface area contributed by atoms with Crippen LogP contribution in [0, 0.1) is 11.3 Å². The summed E-state index contributed by atoms with van der Waals surface area (Å²) in [6.07, 6.45) is 5.00. The van der Waals surface area contributed by atoms with E-state index in [9.17, 15) is 4.79 Å². The highest BCUT2D eigenvalue weighted by molar-refractivity contribution is 5.91. The first-order chi connectivity index (χ1) is 12.2. The van der Waals surface area contributed by atoms with Gasteiger partial charge in [-0.25, -0.2) is 0 Å². The van der Waals surface area contributed by atoms with Gasteiger partial charge in [0.05, 0.1) is 11.7 Å². The molecule has 1 N–H and O–H groups in total. The van der Waals surface area contributed by atoms with Crippen molar-refractivity contribution in [3.05, 3.63) is 54.1 Å². The van der Waals surface area contributed by atoms with Crippen LogP contribution in [-0.4, -0.2) is 18.6 Å². The summed E-state index contributed by atoms with van der Waals surface area (Å²) in [6, 6.07) is 16.2. The monoisotopic (exact) mass is 336 g/mol. The van der Waals surface area contributed by atoms with Gasteiger partial charge in [-0.1, -0.05) is 12.1 Å². The predicted molar refractivity (Wildman–Crippen MR) is 94.6 cm³/mol. The number of benzene rings is 2. The van der Waals surface area contributed by atoms with Crippen molar-refractivity contribution in [2.24, 2.45) is 0 Å². The summed E-state index contributed by atoms with van der Waals surface area (Å²) >= 11 is 0. The van der Waals surface area contributed by atoms with Crippen molar-refractivity contribution in [1.82, 2.24) is 0 Å². The van der Waals surface area contributed by atoms with Crippen LogP contribution in [-0.2, 0) is 4.79 Å². The molecular weight excluding hydrogens is 316 g/mol. The van der Waals surface area contributed by atoms with Gasteiger partial charge in [-0.2, -0.15) is 5.26 Å². The molecule has 1 amide bonds. The summed E-state index contributed by atoms with van der Waals surface area (Å²) in [6.45, 7) is -0.154. The molecule has 1 saturated carbocycles. The Hall–Kier alpha value is -3.00. The standard InChI is InChI=1S/C20H20N2O3/c21-13-15-5-1-4-8-19(15)24-14-20(23)22-16-9-11-18(12-10-16)25-17-6-2-3-7-17/h1,4-5,8-12,17H,2-3,6-7,14H2,(H,22,23). The molecule has 25 heavy (non-hydrogen) atoms. The molecule has 1 aliphatic carbocycles. The molecule has 1 aliphatic rings. The van der Waals surface area contributed by atoms with Crippen molar-refractivity contribution in [3.63, 3.8) is 0 Å². The van der Waals surface area contributed by atoms with Gasteiger partial charge in [-0.3, -0.25) is 4.79 Å². The molecule has 0 aliphatic heterocycles. The molecule has 0 spiro atoms. The number of amides is 1. The fraction of sp³-hybridized carbons (Fsp3) is 0.300. The Kier molecular flexibility index (Phi) is 5.53. The fourth-order valence-electron chi connectivity index (χ4n) is 2.84. The van der Waals surface area contributed by atoms with E-state index in [4.69, 9.17) is 14.7 Å². The van der Waals surface area contributed by atoms with E-state index in [-0.39, 0.29) is 12.5 Å². The van der Waals surface area contributed by atoms with Gasteiger partial charge in [0, 0.05) is 5.69 Å². The smallest absolute Gasteiger partial charge is 0.262 e. The number of ether oxygens (including phenoxy) is 2. The maximum atomic E-state index is 12.0. The number of nitrogens with zero attached hydrogens (tertiary/aromatic N) is 1. The molecule has 5 heteroatoms. The van der Waals surface area contributed by atoms with E-state index in [0.717, 1.165) is 18.6 Å². The highest BCUT2D eigenvalue weighted by atomic mass is 16.5. The Balaban J connectivity index is 1.50. The molecule has 1 fully saturated rings. The average Bonchev–Trinajstić information content (AvgIpc) is 3.15. The molecule has 0 bridgehead atoms. The lowest BCUT2D eigenvalue weighted by Crippen LogP contribution is -2.20. The normalized spacial score (nSPS) is 13.9. The predicted octanol–water partition coefficient (Wildman–Crippen LogP) is 3.90. The summed E-state index contributed by atoms with van der Waals surface area (Å²) in [5, 5.41) is 11.8. The SMILES string of the molecule is N#Cc1ccccc1OCC(=O)Nc1ccc(OC2CCCC2)cc1. The van der Waals surface area contributed by atoms with Crippen molar-refractivity contribution in [2.75, 3.05) is 11.9 Å². The Bertz CT molecular complexity index is 759. The number of nitrogens with one attached hydrogen (secondary N) is 1. The first-order valence-electron chi connectivity index (χ1n) is 8.43. The minimum Gasteiger partial charge on any atom is -0.490 e. The zero-order chi connectivity index (χ0) is 17.5. The summed E-state index contributed by atoms with van der Waals surface area (Å²) in [4.78, 5) is 12.0. The molecule has 0 saturated heterocycles. The quantitative estimate of drug-likeness (QED) is 0.868. The van der Waals surface area contributed by atoms with Crippen LogP contribution < -0.4 is 14.8 Å². The molecule has 0 radical (unpaired) electrons. The minimum atomic E-state index is -0.280. The van der Waals surface area contributed by atoms with Gasteiger partial charge in [0.15, 0.2) is 6.61 Å². The van der Waals surface area contributed by atoms with E-state index < -0.39 is 0 Å². The van der Waals surface area contributed by atoms with Gasteiger partial charge in [0.1, 0.15) is 17.6 Å². The van der Waals surface area contributed by atoms with Gasteiger partial charge in [-0.15, -0.1) is 0 Å². The molecule has 2 aromatic carbocycles. The van der Waals surface area contributed by atoms with Crippen molar-refractivity contribution in [3.8, 4) is 17.6 Å². The Morgan fingerprint density at radius 3 is 2.56 bits per heavy atom. The molecular formula is C20H20N2O3. The number of hydrogen-bond acceptors (Lipinski definition) is 4. The molecule has 0 unspecified atom stereocenters. The van der Waals surface area contributed by atoms with Gasteiger partial charge in [0.25, 0.3) is 5.91 Å². The second-order valence-electron chi connectivity index (χ2n) is 5.99. The summed E-state index contributed by atoms with van der Waals surface area (Å²) in [7, 11) is 0. The number of nitriles is 1. The lowest BCUT2D eigenvalue weighted by molar-refractivity contribution is -0.118. The van der Waals surface area contributed by atoms with Crippen molar-refractivity contribution in [1.29, 1.82) is 5.26 Å². The largest absolute Gasteiger partial charge is 0.490 e.